The number of hydrogen-bond donors (Lipinski definition) is 0. The summed E-state index contributed by atoms with van der Waals surface area (Å²) in [6.45, 7) is 9.50. The third kappa shape index (κ3) is 3.63. The zero-order valence-corrected chi connectivity index (χ0v) is 23.4. The number of rotatable bonds is 3. The minimum absolute atomic E-state index is 0.0274. The summed E-state index contributed by atoms with van der Waals surface area (Å²) in [4.78, 5) is 10.5. The monoisotopic (exact) mass is 516 g/mol. The van der Waals surface area contributed by atoms with E-state index < -0.39 is 0 Å². The summed E-state index contributed by atoms with van der Waals surface area (Å²) in [5.41, 5.74) is 13.4. The first-order valence-corrected chi connectivity index (χ1v) is 14.0. The lowest BCUT2D eigenvalue weighted by Crippen LogP contribution is -2.43. The SMILES string of the molecule is CC1(C)c2ccccc2-c2c(-c3nc4ccccc4nc3-c3ccc(-c4ccccc4)cc3)cccc2C1(C)C. The number of para-hydroxylation sites is 2. The highest BCUT2D eigenvalue weighted by Gasteiger charge is 2.46. The average molecular weight is 517 g/mol. The Bertz CT molecular complexity index is 1880. The van der Waals surface area contributed by atoms with Crippen LogP contribution < -0.4 is 0 Å². The van der Waals surface area contributed by atoms with Gasteiger partial charge in [0.1, 0.15) is 0 Å². The fourth-order valence-corrected chi connectivity index (χ4v) is 6.32. The Morgan fingerprint density at radius 3 is 1.62 bits per heavy atom. The van der Waals surface area contributed by atoms with Gasteiger partial charge in [0.2, 0.25) is 0 Å². The molecular weight excluding hydrogens is 484 g/mol. The van der Waals surface area contributed by atoms with Crippen LogP contribution in [0.5, 0.6) is 0 Å². The molecule has 0 amide bonds. The van der Waals surface area contributed by atoms with Crippen molar-refractivity contribution in [2.24, 2.45) is 0 Å². The number of aromatic nitrogens is 2. The fourth-order valence-electron chi connectivity index (χ4n) is 6.32. The summed E-state index contributed by atoms with van der Waals surface area (Å²) in [7, 11) is 0. The lowest BCUT2D eigenvalue weighted by atomic mass is 9.55. The molecule has 0 saturated carbocycles. The zero-order valence-electron chi connectivity index (χ0n) is 23.4. The summed E-state index contributed by atoms with van der Waals surface area (Å²) < 4.78 is 0. The van der Waals surface area contributed by atoms with Crippen molar-refractivity contribution < 1.29 is 0 Å². The Labute approximate surface area is 236 Å². The molecule has 0 radical (unpaired) electrons. The Morgan fingerprint density at radius 1 is 0.400 bits per heavy atom. The standard InChI is InChI=1S/C38H32N2/c1-37(2)30-17-9-8-15-28(30)34-29(16-12-18-31(34)38(37,3)4)36-35(39-32-19-10-11-20-33(32)40-36)27-23-21-26(22-24-27)25-13-6-5-7-14-25/h5-24H,1-4H3. The normalized spacial score (nSPS) is 14.9. The van der Waals surface area contributed by atoms with Crippen molar-refractivity contribution in [3.8, 4) is 44.8 Å². The minimum atomic E-state index is -0.0749. The molecule has 7 rings (SSSR count). The van der Waals surface area contributed by atoms with Gasteiger partial charge in [-0.2, -0.15) is 0 Å². The summed E-state index contributed by atoms with van der Waals surface area (Å²) in [6.07, 6.45) is 0. The van der Waals surface area contributed by atoms with E-state index in [4.69, 9.17) is 9.97 Å². The first-order chi connectivity index (χ1) is 19.4. The van der Waals surface area contributed by atoms with Gasteiger partial charge in [-0.15, -0.1) is 0 Å². The maximum Gasteiger partial charge on any atom is 0.0979 e. The predicted molar refractivity (Wildman–Crippen MR) is 167 cm³/mol. The summed E-state index contributed by atoms with van der Waals surface area (Å²) in [5, 5.41) is 0. The molecule has 0 atom stereocenters. The highest BCUT2D eigenvalue weighted by Crippen LogP contribution is 2.56. The Morgan fingerprint density at radius 2 is 0.900 bits per heavy atom. The van der Waals surface area contributed by atoms with Crippen LogP contribution in [0.2, 0.25) is 0 Å². The second kappa shape index (κ2) is 8.99. The fraction of sp³-hybridized carbons (Fsp3) is 0.158. The molecule has 0 bridgehead atoms. The second-order valence-corrected chi connectivity index (χ2v) is 11.9. The second-order valence-electron chi connectivity index (χ2n) is 11.9. The van der Waals surface area contributed by atoms with Gasteiger partial charge in [0, 0.05) is 11.1 Å². The number of benzene rings is 5. The van der Waals surface area contributed by atoms with E-state index in [2.05, 4.69) is 137 Å². The Kier molecular flexibility index (Phi) is 5.50. The molecule has 1 heterocycles. The quantitative estimate of drug-likeness (QED) is 0.234. The summed E-state index contributed by atoms with van der Waals surface area (Å²) in [5.74, 6) is 0. The molecule has 6 aromatic rings. The summed E-state index contributed by atoms with van der Waals surface area (Å²) >= 11 is 0. The molecule has 2 heteroatoms. The van der Waals surface area contributed by atoms with E-state index in [1.54, 1.807) is 0 Å². The molecule has 194 valence electrons. The van der Waals surface area contributed by atoms with Crippen LogP contribution >= 0.6 is 0 Å². The first-order valence-electron chi connectivity index (χ1n) is 14.0. The van der Waals surface area contributed by atoms with Crippen LogP contribution in [0.3, 0.4) is 0 Å². The third-order valence-electron chi connectivity index (χ3n) is 9.26. The van der Waals surface area contributed by atoms with Crippen LogP contribution in [0.15, 0.2) is 121 Å². The molecule has 0 saturated heterocycles. The maximum absolute atomic E-state index is 5.31. The van der Waals surface area contributed by atoms with E-state index in [0.29, 0.717) is 0 Å². The number of fused-ring (bicyclic) bond motifs is 4. The van der Waals surface area contributed by atoms with Crippen molar-refractivity contribution in [3.63, 3.8) is 0 Å². The largest absolute Gasteiger partial charge is 0.244 e. The van der Waals surface area contributed by atoms with Gasteiger partial charge >= 0.3 is 0 Å². The van der Waals surface area contributed by atoms with E-state index in [9.17, 15) is 0 Å². The molecule has 40 heavy (non-hydrogen) atoms. The van der Waals surface area contributed by atoms with E-state index in [1.165, 1.54) is 33.4 Å². The average Bonchev–Trinajstić information content (AvgIpc) is 3.00. The molecule has 1 aliphatic rings. The number of hydrogen-bond acceptors (Lipinski definition) is 2. The van der Waals surface area contributed by atoms with Gasteiger partial charge in [0.25, 0.3) is 0 Å². The highest BCUT2D eigenvalue weighted by atomic mass is 14.8. The van der Waals surface area contributed by atoms with E-state index >= 15 is 0 Å². The van der Waals surface area contributed by atoms with Crippen LogP contribution in [0.4, 0.5) is 0 Å². The van der Waals surface area contributed by atoms with Crippen LogP contribution in [0.1, 0.15) is 38.8 Å². The third-order valence-corrected chi connectivity index (χ3v) is 9.26. The van der Waals surface area contributed by atoms with Crippen molar-refractivity contribution in [2.45, 2.75) is 38.5 Å². The van der Waals surface area contributed by atoms with Gasteiger partial charge in [0.15, 0.2) is 0 Å². The van der Waals surface area contributed by atoms with Crippen LogP contribution in [0.25, 0.3) is 55.8 Å². The lowest BCUT2D eigenvalue weighted by molar-refractivity contribution is 0.299. The lowest BCUT2D eigenvalue weighted by Gasteiger charge is -2.48. The molecule has 5 aromatic carbocycles. The smallest absolute Gasteiger partial charge is 0.0979 e. The van der Waals surface area contributed by atoms with Gasteiger partial charge in [-0.05, 0) is 56.3 Å². The number of nitrogens with zero attached hydrogens (tertiary/aromatic N) is 2. The van der Waals surface area contributed by atoms with Crippen molar-refractivity contribution in [1.29, 1.82) is 0 Å². The van der Waals surface area contributed by atoms with Crippen molar-refractivity contribution >= 4 is 11.0 Å². The molecule has 0 aliphatic heterocycles. The molecule has 1 aromatic heterocycles. The van der Waals surface area contributed by atoms with Gasteiger partial charge < -0.3 is 0 Å². The van der Waals surface area contributed by atoms with Gasteiger partial charge in [-0.1, -0.05) is 137 Å². The molecular formula is C38H32N2. The molecule has 0 fully saturated rings. The van der Waals surface area contributed by atoms with Gasteiger partial charge in [0.05, 0.1) is 22.4 Å². The Hall–Kier alpha value is -4.56. The van der Waals surface area contributed by atoms with E-state index in [-0.39, 0.29) is 10.8 Å². The van der Waals surface area contributed by atoms with Gasteiger partial charge in [-0.25, -0.2) is 9.97 Å². The Balaban J connectivity index is 1.50. The predicted octanol–water partition coefficient (Wildman–Crippen LogP) is 9.87. The first kappa shape index (κ1) is 24.5. The molecule has 0 N–H and O–H groups in total. The van der Waals surface area contributed by atoms with Crippen LogP contribution in [0, 0.1) is 0 Å². The highest BCUT2D eigenvalue weighted by molar-refractivity contribution is 5.95. The molecule has 0 spiro atoms. The van der Waals surface area contributed by atoms with Crippen molar-refractivity contribution in [1.82, 2.24) is 9.97 Å². The van der Waals surface area contributed by atoms with Crippen molar-refractivity contribution in [2.75, 3.05) is 0 Å². The summed E-state index contributed by atoms with van der Waals surface area (Å²) in [6, 6.07) is 43.0. The maximum atomic E-state index is 5.31. The molecule has 1 aliphatic carbocycles. The van der Waals surface area contributed by atoms with Crippen LogP contribution in [-0.4, -0.2) is 9.97 Å². The van der Waals surface area contributed by atoms with E-state index in [1.807, 2.05) is 12.1 Å². The van der Waals surface area contributed by atoms with Gasteiger partial charge in [-0.3, -0.25) is 0 Å². The van der Waals surface area contributed by atoms with Crippen LogP contribution in [-0.2, 0) is 10.8 Å². The molecule has 2 nitrogen and oxygen atoms in total. The minimum Gasteiger partial charge on any atom is -0.244 e. The zero-order chi connectivity index (χ0) is 27.5. The van der Waals surface area contributed by atoms with E-state index in [0.717, 1.165) is 33.5 Å². The van der Waals surface area contributed by atoms with Crippen molar-refractivity contribution in [3.05, 3.63) is 132 Å². The molecule has 0 unspecified atom stereocenters. The topological polar surface area (TPSA) is 25.8 Å².